The van der Waals surface area contributed by atoms with Crippen LogP contribution >= 0.6 is 31.9 Å². The molecule has 1 unspecified atom stereocenters. The number of alkyl halides is 4. The van der Waals surface area contributed by atoms with Crippen molar-refractivity contribution in [1.29, 1.82) is 0 Å². The van der Waals surface area contributed by atoms with Crippen molar-refractivity contribution in [3.8, 4) is 0 Å². The Labute approximate surface area is 138 Å². The monoisotopic (exact) mass is 420 g/mol. The van der Waals surface area contributed by atoms with E-state index in [4.69, 9.17) is 0 Å². The van der Waals surface area contributed by atoms with Gasteiger partial charge in [0.1, 0.15) is 0 Å². The maximum atomic E-state index is 12.5. The molecule has 0 heterocycles. The second-order valence-corrected chi connectivity index (χ2v) is 6.85. The molecule has 0 aliphatic heterocycles. The minimum atomic E-state index is -4.29. The van der Waals surface area contributed by atoms with Gasteiger partial charge >= 0.3 is 6.18 Å². The number of rotatable bonds is 3. The van der Waals surface area contributed by atoms with Crippen LogP contribution in [0.25, 0.3) is 0 Å². The van der Waals surface area contributed by atoms with E-state index >= 15 is 0 Å². The summed E-state index contributed by atoms with van der Waals surface area (Å²) < 4.78 is 38.6. The fourth-order valence-corrected chi connectivity index (χ4v) is 3.63. The molecule has 0 bridgehead atoms. The first-order valence-electron chi connectivity index (χ1n) is 6.33. The van der Waals surface area contributed by atoms with Gasteiger partial charge in [-0.15, -0.1) is 0 Å². The van der Waals surface area contributed by atoms with Crippen molar-refractivity contribution in [2.24, 2.45) is 0 Å². The van der Waals surface area contributed by atoms with Crippen LogP contribution < -0.4 is 0 Å². The summed E-state index contributed by atoms with van der Waals surface area (Å²) in [4.78, 5) is 0.0449. The Hall–Kier alpha value is -0.810. The highest BCUT2D eigenvalue weighted by atomic mass is 79.9. The van der Waals surface area contributed by atoms with E-state index in [9.17, 15) is 13.2 Å². The average molecular weight is 422 g/mol. The Morgan fingerprint density at radius 3 is 2.24 bits per heavy atom. The third-order valence-corrected chi connectivity index (χ3v) is 4.72. The predicted octanol–water partition coefficient (Wildman–Crippen LogP) is 6.46. The summed E-state index contributed by atoms with van der Waals surface area (Å²) in [5, 5.41) is 0. The topological polar surface area (TPSA) is 0 Å². The molecule has 0 spiro atoms. The Morgan fingerprint density at radius 1 is 1.05 bits per heavy atom. The van der Waals surface area contributed by atoms with Crippen molar-refractivity contribution >= 4 is 31.9 Å². The molecular weight excluding hydrogens is 409 g/mol. The van der Waals surface area contributed by atoms with Crippen LogP contribution in [0.5, 0.6) is 0 Å². The highest BCUT2D eigenvalue weighted by Crippen LogP contribution is 2.34. The summed E-state index contributed by atoms with van der Waals surface area (Å²) in [6.45, 7) is 2.01. The second-order valence-electron chi connectivity index (χ2n) is 4.89. The van der Waals surface area contributed by atoms with Gasteiger partial charge in [-0.3, -0.25) is 0 Å². The molecule has 21 heavy (non-hydrogen) atoms. The molecule has 2 aromatic rings. The fraction of sp³-hybridized carbons (Fsp3) is 0.250. The van der Waals surface area contributed by atoms with Crippen LogP contribution in [0, 0.1) is 6.92 Å². The fourth-order valence-electron chi connectivity index (χ4n) is 2.05. The molecule has 112 valence electrons. The van der Waals surface area contributed by atoms with Crippen molar-refractivity contribution in [3.05, 3.63) is 69.2 Å². The van der Waals surface area contributed by atoms with Gasteiger partial charge in [0.15, 0.2) is 0 Å². The van der Waals surface area contributed by atoms with Gasteiger partial charge in [-0.1, -0.05) is 61.7 Å². The third-order valence-electron chi connectivity index (χ3n) is 3.19. The molecular formula is C16H13Br2F3. The molecule has 2 rings (SSSR count). The first-order chi connectivity index (χ1) is 9.77. The Morgan fingerprint density at radius 2 is 1.67 bits per heavy atom. The lowest BCUT2D eigenvalue weighted by molar-refractivity contribution is -0.137. The van der Waals surface area contributed by atoms with E-state index in [1.54, 1.807) is 0 Å². The summed E-state index contributed by atoms with van der Waals surface area (Å²) >= 11 is 7.12. The number of benzene rings is 2. The minimum absolute atomic E-state index is 0.0449. The molecule has 0 saturated heterocycles. The first-order valence-corrected chi connectivity index (χ1v) is 8.04. The molecule has 0 aromatic heterocycles. The van der Waals surface area contributed by atoms with Crippen molar-refractivity contribution < 1.29 is 13.2 Å². The van der Waals surface area contributed by atoms with Gasteiger partial charge in [-0.05, 0) is 42.7 Å². The molecule has 0 saturated carbocycles. The Bertz CT molecular complexity index is 618. The van der Waals surface area contributed by atoms with Crippen LogP contribution in [0.15, 0.2) is 46.9 Å². The van der Waals surface area contributed by atoms with Crippen LogP contribution in [0.2, 0.25) is 0 Å². The molecule has 0 aliphatic carbocycles. The number of hydrogen-bond acceptors (Lipinski definition) is 0. The highest BCUT2D eigenvalue weighted by molar-refractivity contribution is 9.11. The highest BCUT2D eigenvalue weighted by Gasteiger charge is 2.30. The molecule has 0 fully saturated rings. The van der Waals surface area contributed by atoms with E-state index in [-0.39, 0.29) is 4.83 Å². The average Bonchev–Trinajstić information content (AvgIpc) is 2.41. The lowest BCUT2D eigenvalue weighted by Crippen LogP contribution is -2.05. The predicted molar refractivity (Wildman–Crippen MR) is 85.7 cm³/mol. The van der Waals surface area contributed by atoms with Crippen molar-refractivity contribution in [2.75, 3.05) is 0 Å². The zero-order chi connectivity index (χ0) is 15.6. The normalized spacial score (nSPS) is 13.2. The maximum Gasteiger partial charge on any atom is 0.416 e. The molecule has 0 nitrogen and oxygen atoms in total. The Balaban J connectivity index is 2.16. The summed E-state index contributed by atoms with van der Waals surface area (Å²) in [5.74, 6) is 0. The number of hydrogen-bond donors (Lipinski definition) is 0. The molecule has 0 N–H and O–H groups in total. The van der Waals surface area contributed by atoms with E-state index in [0.29, 0.717) is 6.42 Å². The summed E-state index contributed by atoms with van der Waals surface area (Å²) in [6.07, 6.45) is -3.66. The van der Waals surface area contributed by atoms with Gasteiger partial charge in [-0.25, -0.2) is 0 Å². The summed E-state index contributed by atoms with van der Waals surface area (Å²) in [5.41, 5.74) is 2.48. The quantitative estimate of drug-likeness (QED) is 0.499. The van der Waals surface area contributed by atoms with Gasteiger partial charge in [0.2, 0.25) is 0 Å². The van der Waals surface area contributed by atoms with Gasteiger partial charge < -0.3 is 0 Å². The SMILES string of the molecule is Cc1ccc(Br)c(C(Br)Cc2ccc(C(F)(F)F)cc2)c1. The van der Waals surface area contributed by atoms with Gasteiger partial charge in [-0.2, -0.15) is 13.2 Å². The van der Waals surface area contributed by atoms with Gasteiger partial charge in [0.25, 0.3) is 0 Å². The van der Waals surface area contributed by atoms with Gasteiger partial charge in [0, 0.05) is 9.30 Å². The van der Waals surface area contributed by atoms with Crippen LogP contribution in [0.3, 0.4) is 0 Å². The van der Waals surface area contributed by atoms with E-state index in [1.807, 2.05) is 19.1 Å². The molecule has 0 radical (unpaired) electrons. The minimum Gasteiger partial charge on any atom is -0.166 e. The van der Waals surface area contributed by atoms with Crippen LogP contribution in [-0.4, -0.2) is 0 Å². The lowest BCUT2D eigenvalue weighted by Gasteiger charge is -2.14. The standard InChI is InChI=1S/C16H13Br2F3/c1-10-2-7-14(17)13(8-10)15(18)9-11-3-5-12(6-4-11)16(19,20)21/h2-8,15H,9H2,1H3. The molecule has 5 heteroatoms. The van der Waals surface area contributed by atoms with Crippen molar-refractivity contribution in [3.63, 3.8) is 0 Å². The lowest BCUT2D eigenvalue weighted by atomic mass is 10.0. The third kappa shape index (κ3) is 4.33. The van der Waals surface area contributed by atoms with Crippen molar-refractivity contribution in [1.82, 2.24) is 0 Å². The molecule has 1 atom stereocenters. The number of aryl methyl sites for hydroxylation is 1. The maximum absolute atomic E-state index is 12.5. The molecule has 0 aliphatic rings. The Kier molecular flexibility index (Phi) is 5.15. The molecule has 0 amide bonds. The first kappa shape index (κ1) is 16.6. The van der Waals surface area contributed by atoms with Crippen molar-refractivity contribution in [2.45, 2.75) is 24.3 Å². The zero-order valence-corrected chi connectivity index (χ0v) is 14.4. The smallest absolute Gasteiger partial charge is 0.166 e. The number of halogens is 5. The zero-order valence-electron chi connectivity index (χ0n) is 11.2. The van der Waals surface area contributed by atoms with E-state index in [0.717, 1.165) is 33.3 Å². The van der Waals surface area contributed by atoms with E-state index in [2.05, 4.69) is 37.9 Å². The van der Waals surface area contributed by atoms with E-state index < -0.39 is 11.7 Å². The van der Waals surface area contributed by atoms with E-state index in [1.165, 1.54) is 12.1 Å². The summed E-state index contributed by atoms with van der Waals surface area (Å²) in [7, 11) is 0. The van der Waals surface area contributed by atoms with Crippen LogP contribution in [-0.2, 0) is 12.6 Å². The van der Waals surface area contributed by atoms with Crippen LogP contribution in [0.4, 0.5) is 13.2 Å². The summed E-state index contributed by atoms with van der Waals surface area (Å²) in [6, 6.07) is 11.4. The van der Waals surface area contributed by atoms with Crippen LogP contribution in [0.1, 0.15) is 27.1 Å². The molecule has 2 aromatic carbocycles. The van der Waals surface area contributed by atoms with Gasteiger partial charge in [0.05, 0.1) is 5.56 Å². The second kappa shape index (κ2) is 6.53. The largest absolute Gasteiger partial charge is 0.416 e.